The summed E-state index contributed by atoms with van der Waals surface area (Å²) in [7, 11) is 0. The van der Waals surface area contributed by atoms with Crippen LogP contribution < -0.4 is 0 Å². The zero-order valence-electron chi connectivity index (χ0n) is 12.3. The first-order valence-corrected chi connectivity index (χ1v) is 7.71. The molecule has 0 saturated carbocycles. The van der Waals surface area contributed by atoms with Gasteiger partial charge in [0.15, 0.2) is 4.96 Å². The molecule has 0 amide bonds. The molecular formula is C14H13N5O2S. The minimum Gasteiger partial charge on any atom is -0.364 e. The largest absolute Gasteiger partial charge is 0.364 e. The Bertz CT molecular complexity index is 961. The number of imidazole rings is 1. The van der Waals surface area contributed by atoms with Crippen molar-refractivity contribution < 1.29 is 9.05 Å². The minimum atomic E-state index is 0.411. The first kappa shape index (κ1) is 13.2. The third-order valence-electron chi connectivity index (χ3n) is 3.46. The van der Waals surface area contributed by atoms with Crippen LogP contribution in [0.1, 0.15) is 23.2 Å². The molecule has 0 bridgehead atoms. The van der Waals surface area contributed by atoms with Gasteiger partial charge in [-0.25, -0.2) is 4.98 Å². The maximum absolute atomic E-state index is 5.39. The lowest BCUT2D eigenvalue weighted by molar-refractivity contribution is 0.411. The zero-order chi connectivity index (χ0) is 15.3. The van der Waals surface area contributed by atoms with Crippen LogP contribution in [0.3, 0.4) is 0 Å². The third-order valence-corrected chi connectivity index (χ3v) is 4.36. The van der Waals surface area contributed by atoms with Crippen molar-refractivity contribution in [3.8, 4) is 23.0 Å². The summed E-state index contributed by atoms with van der Waals surface area (Å²) in [6.45, 7) is 5.99. The third kappa shape index (κ3) is 1.87. The smallest absolute Gasteiger partial charge is 0.263 e. The summed E-state index contributed by atoms with van der Waals surface area (Å²) in [4.78, 5) is 11.1. The van der Waals surface area contributed by atoms with Crippen molar-refractivity contribution in [1.29, 1.82) is 0 Å². The van der Waals surface area contributed by atoms with Crippen LogP contribution >= 0.6 is 11.3 Å². The van der Waals surface area contributed by atoms with Gasteiger partial charge in [-0.2, -0.15) is 4.98 Å². The van der Waals surface area contributed by atoms with Gasteiger partial charge in [0.1, 0.15) is 17.5 Å². The van der Waals surface area contributed by atoms with Crippen LogP contribution in [0, 0.1) is 13.8 Å². The second-order valence-electron chi connectivity index (χ2n) is 4.99. The van der Waals surface area contributed by atoms with Crippen molar-refractivity contribution in [2.45, 2.75) is 27.2 Å². The summed E-state index contributed by atoms with van der Waals surface area (Å²) < 4.78 is 12.4. The second kappa shape index (κ2) is 4.77. The standard InChI is InChI=1S/C14H13N5O2S/c1-4-10-9(6-20-17-10)13-16-12(18-21-13)11-8(3)15-14-19(11)5-7(2)22-14/h5-6H,4H2,1-3H3. The van der Waals surface area contributed by atoms with Gasteiger partial charge in [-0.1, -0.05) is 17.2 Å². The number of nitrogens with zero attached hydrogens (tertiary/aromatic N) is 5. The van der Waals surface area contributed by atoms with E-state index in [0.29, 0.717) is 11.7 Å². The highest BCUT2D eigenvalue weighted by Gasteiger charge is 2.21. The van der Waals surface area contributed by atoms with Gasteiger partial charge in [0.05, 0.1) is 11.4 Å². The van der Waals surface area contributed by atoms with Crippen LogP contribution in [0.25, 0.3) is 27.9 Å². The quantitative estimate of drug-likeness (QED) is 0.577. The zero-order valence-corrected chi connectivity index (χ0v) is 13.1. The molecule has 0 saturated heterocycles. The Morgan fingerprint density at radius 3 is 2.91 bits per heavy atom. The molecule has 0 atom stereocenters. The van der Waals surface area contributed by atoms with Crippen molar-refractivity contribution in [3.63, 3.8) is 0 Å². The normalized spacial score (nSPS) is 11.6. The number of fused-ring (bicyclic) bond motifs is 1. The van der Waals surface area contributed by atoms with Gasteiger partial charge in [0.2, 0.25) is 5.82 Å². The van der Waals surface area contributed by atoms with E-state index in [2.05, 4.69) is 20.3 Å². The summed E-state index contributed by atoms with van der Waals surface area (Å²) in [5.74, 6) is 0.926. The van der Waals surface area contributed by atoms with Crippen molar-refractivity contribution in [2.24, 2.45) is 0 Å². The second-order valence-corrected chi connectivity index (χ2v) is 6.21. The molecule has 0 aliphatic heterocycles. The molecule has 0 aliphatic carbocycles. The Balaban J connectivity index is 1.85. The minimum absolute atomic E-state index is 0.411. The van der Waals surface area contributed by atoms with Crippen molar-refractivity contribution in [3.05, 3.63) is 28.7 Å². The summed E-state index contributed by atoms with van der Waals surface area (Å²) in [5.41, 5.74) is 3.27. The Kier molecular flexibility index (Phi) is 2.86. The first-order chi connectivity index (χ1) is 10.7. The molecule has 8 heteroatoms. The molecule has 0 N–H and O–H groups in total. The molecule has 0 radical (unpaired) electrons. The van der Waals surface area contributed by atoms with E-state index in [0.717, 1.165) is 34.0 Å². The lowest BCUT2D eigenvalue weighted by Crippen LogP contribution is -1.89. The molecule has 0 aliphatic rings. The van der Waals surface area contributed by atoms with Crippen LogP contribution in [-0.4, -0.2) is 24.7 Å². The van der Waals surface area contributed by atoms with Gasteiger partial charge in [-0.3, -0.25) is 4.40 Å². The molecule has 0 fully saturated rings. The van der Waals surface area contributed by atoms with Gasteiger partial charge in [-0.05, 0) is 20.3 Å². The topological polar surface area (TPSA) is 82.2 Å². The highest BCUT2D eigenvalue weighted by Crippen LogP contribution is 2.29. The predicted octanol–water partition coefficient (Wildman–Crippen LogP) is 3.28. The molecule has 4 rings (SSSR count). The van der Waals surface area contributed by atoms with Crippen LogP contribution in [0.15, 0.2) is 21.5 Å². The van der Waals surface area contributed by atoms with Gasteiger partial charge < -0.3 is 9.05 Å². The fourth-order valence-corrected chi connectivity index (χ4v) is 3.32. The number of aromatic nitrogens is 5. The summed E-state index contributed by atoms with van der Waals surface area (Å²) in [6, 6.07) is 0. The number of aryl methyl sites for hydroxylation is 3. The van der Waals surface area contributed by atoms with E-state index in [1.165, 1.54) is 11.1 Å². The van der Waals surface area contributed by atoms with E-state index in [4.69, 9.17) is 9.05 Å². The van der Waals surface area contributed by atoms with Gasteiger partial charge >= 0.3 is 0 Å². The molecular weight excluding hydrogens is 302 g/mol. The molecule has 112 valence electrons. The maximum atomic E-state index is 5.39. The van der Waals surface area contributed by atoms with Crippen molar-refractivity contribution in [1.82, 2.24) is 24.7 Å². The number of thiazole rings is 1. The van der Waals surface area contributed by atoms with Gasteiger partial charge in [-0.15, -0.1) is 11.3 Å². The predicted molar refractivity (Wildman–Crippen MR) is 80.7 cm³/mol. The average Bonchev–Trinajstić information content (AvgIpc) is 3.21. The van der Waals surface area contributed by atoms with Crippen LogP contribution in [-0.2, 0) is 6.42 Å². The fourth-order valence-electron chi connectivity index (χ4n) is 2.45. The lowest BCUT2D eigenvalue weighted by atomic mass is 10.2. The van der Waals surface area contributed by atoms with E-state index in [1.807, 2.05) is 31.4 Å². The van der Waals surface area contributed by atoms with E-state index in [1.54, 1.807) is 11.3 Å². The number of hydrogen-bond acceptors (Lipinski definition) is 7. The van der Waals surface area contributed by atoms with Gasteiger partial charge in [0.25, 0.3) is 5.89 Å². The Morgan fingerprint density at radius 1 is 1.23 bits per heavy atom. The summed E-state index contributed by atoms with van der Waals surface area (Å²) in [6.07, 6.45) is 4.30. The molecule has 4 aromatic heterocycles. The highest BCUT2D eigenvalue weighted by atomic mass is 32.1. The molecule has 0 unspecified atom stereocenters. The number of rotatable bonds is 3. The fraction of sp³-hybridized carbons (Fsp3) is 0.286. The SMILES string of the molecule is CCc1nocc1-c1nc(-c2c(C)nc3sc(C)cn23)no1. The van der Waals surface area contributed by atoms with E-state index >= 15 is 0 Å². The van der Waals surface area contributed by atoms with E-state index in [9.17, 15) is 0 Å². The molecule has 7 nitrogen and oxygen atoms in total. The first-order valence-electron chi connectivity index (χ1n) is 6.90. The summed E-state index contributed by atoms with van der Waals surface area (Å²) >= 11 is 1.63. The average molecular weight is 315 g/mol. The van der Waals surface area contributed by atoms with Gasteiger partial charge in [0, 0.05) is 11.1 Å². The summed E-state index contributed by atoms with van der Waals surface area (Å²) in [5, 5.41) is 8.03. The van der Waals surface area contributed by atoms with Crippen molar-refractivity contribution in [2.75, 3.05) is 0 Å². The van der Waals surface area contributed by atoms with E-state index in [-0.39, 0.29) is 0 Å². The number of hydrogen-bond donors (Lipinski definition) is 0. The van der Waals surface area contributed by atoms with Crippen LogP contribution in [0.5, 0.6) is 0 Å². The van der Waals surface area contributed by atoms with Crippen LogP contribution in [0.4, 0.5) is 0 Å². The Morgan fingerprint density at radius 2 is 2.09 bits per heavy atom. The highest BCUT2D eigenvalue weighted by molar-refractivity contribution is 7.17. The monoisotopic (exact) mass is 315 g/mol. The lowest BCUT2D eigenvalue weighted by Gasteiger charge is -1.93. The molecule has 0 spiro atoms. The molecule has 4 heterocycles. The molecule has 0 aromatic carbocycles. The van der Waals surface area contributed by atoms with E-state index < -0.39 is 0 Å². The molecule has 4 aromatic rings. The molecule has 22 heavy (non-hydrogen) atoms. The van der Waals surface area contributed by atoms with Crippen LogP contribution in [0.2, 0.25) is 0 Å². The van der Waals surface area contributed by atoms with Crippen molar-refractivity contribution >= 4 is 16.3 Å². The maximum Gasteiger partial charge on any atom is 0.263 e. The Labute approximate surface area is 129 Å². The Hall–Kier alpha value is -2.48.